The van der Waals surface area contributed by atoms with Gasteiger partial charge in [0.05, 0.1) is 17.5 Å². The molecule has 0 unspecified atom stereocenters. The molecule has 1 aromatic carbocycles. The number of carbonyl (C=O) groups excluding carboxylic acids is 1. The first-order chi connectivity index (χ1) is 11.1. The van der Waals surface area contributed by atoms with Gasteiger partial charge < -0.3 is 5.32 Å². The van der Waals surface area contributed by atoms with Crippen LogP contribution >= 0.6 is 11.6 Å². The van der Waals surface area contributed by atoms with Crippen molar-refractivity contribution in [2.45, 2.75) is 13.5 Å². The van der Waals surface area contributed by atoms with Crippen molar-refractivity contribution in [1.82, 2.24) is 25.5 Å². The van der Waals surface area contributed by atoms with Gasteiger partial charge in [-0.05, 0) is 24.1 Å². The summed E-state index contributed by atoms with van der Waals surface area (Å²) in [7, 11) is 0. The van der Waals surface area contributed by atoms with Gasteiger partial charge in [-0.3, -0.25) is 9.89 Å². The maximum atomic E-state index is 11.9. The lowest BCUT2D eigenvalue weighted by molar-refractivity contribution is 0.0951. The first-order valence-corrected chi connectivity index (χ1v) is 7.36. The second-order valence-corrected chi connectivity index (χ2v) is 5.42. The molecule has 3 aromatic rings. The Kier molecular flexibility index (Phi) is 4.34. The number of nitrogens with one attached hydrogen (secondary N) is 2. The summed E-state index contributed by atoms with van der Waals surface area (Å²) in [6.45, 7) is 2.44. The van der Waals surface area contributed by atoms with Crippen LogP contribution in [0.5, 0.6) is 0 Å². The summed E-state index contributed by atoms with van der Waals surface area (Å²) in [5.41, 5.74) is 4.32. The van der Waals surface area contributed by atoms with E-state index in [-0.39, 0.29) is 5.91 Å². The Morgan fingerprint density at radius 2 is 2.17 bits per heavy atom. The minimum atomic E-state index is -0.162. The molecule has 0 spiro atoms. The molecule has 0 saturated heterocycles. The van der Waals surface area contributed by atoms with E-state index in [1.807, 2.05) is 25.1 Å². The predicted octanol–water partition coefficient (Wildman–Crippen LogP) is 2.76. The van der Waals surface area contributed by atoms with Crippen molar-refractivity contribution in [1.29, 1.82) is 0 Å². The van der Waals surface area contributed by atoms with Crippen LogP contribution < -0.4 is 5.32 Å². The highest BCUT2D eigenvalue weighted by molar-refractivity contribution is 6.29. The summed E-state index contributed by atoms with van der Waals surface area (Å²) in [5, 5.41) is 9.65. The van der Waals surface area contributed by atoms with Crippen molar-refractivity contribution in [2.75, 3.05) is 0 Å². The molecule has 1 amide bonds. The van der Waals surface area contributed by atoms with Crippen LogP contribution in [0.15, 0.2) is 43.0 Å². The zero-order valence-electron chi connectivity index (χ0n) is 12.4. The van der Waals surface area contributed by atoms with E-state index in [1.54, 1.807) is 12.3 Å². The standard InChI is InChI=1S/C16H14ClN5O/c1-10-4-11(14-5-15(17)20-9-19-14)2-3-12(10)6-18-16(23)13-7-21-22-8-13/h2-5,7-9H,6H2,1H3,(H,18,23)(H,21,22). The van der Waals surface area contributed by atoms with Crippen molar-refractivity contribution in [3.8, 4) is 11.3 Å². The van der Waals surface area contributed by atoms with E-state index in [0.717, 1.165) is 22.4 Å². The van der Waals surface area contributed by atoms with Gasteiger partial charge in [0.1, 0.15) is 11.5 Å². The molecule has 6 nitrogen and oxygen atoms in total. The van der Waals surface area contributed by atoms with Gasteiger partial charge in [0.2, 0.25) is 0 Å². The molecule has 0 aliphatic rings. The normalized spacial score (nSPS) is 10.5. The topological polar surface area (TPSA) is 83.6 Å². The van der Waals surface area contributed by atoms with Crippen molar-refractivity contribution in [3.63, 3.8) is 0 Å². The van der Waals surface area contributed by atoms with Crippen LogP contribution in [-0.2, 0) is 6.54 Å². The molecule has 2 heterocycles. The Hall–Kier alpha value is -2.73. The molecule has 0 aliphatic carbocycles. The van der Waals surface area contributed by atoms with Crippen LogP contribution in [0.25, 0.3) is 11.3 Å². The Morgan fingerprint density at radius 3 is 2.87 bits per heavy atom. The van der Waals surface area contributed by atoms with Gasteiger partial charge >= 0.3 is 0 Å². The average Bonchev–Trinajstić information content (AvgIpc) is 3.08. The van der Waals surface area contributed by atoms with E-state index in [1.165, 1.54) is 12.5 Å². The molecule has 2 aromatic heterocycles. The zero-order chi connectivity index (χ0) is 16.2. The van der Waals surface area contributed by atoms with Gasteiger partial charge in [-0.1, -0.05) is 23.7 Å². The molecule has 0 aliphatic heterocycles. The largest absolute Gasteiger partial charge is 0.348 e. The van der Waals surface area contributed by atoms with Gasteiger partial charge in [-0.25, -0.2) is 9.97 Å². The summed E-state index contributed by atoms with van der Waals surface area (Å²) in [6, 6.07) is 7.65. The fourth-order valence-electron chi connectivity index (χ4n) is 2.20. The molecule has 2 N–H and O–H groups in total. The van der Waals surface area contributed by atoms with E-state index in [0.29, 0.717) is 17.3 Å². The number of aryl methyl sites for hydroxylation is 1. The van der Waals surface area contributed by atoms with Crippen molar-refractivity contribution in [2.24, 2.45) is 0 Å². The molecule has 0 atom stereocenters. The first kappa shape index (κ1) is 15.2. The molecular weight excluding hydrogens is 314 g/mol. The number of nitrogens with zero attached hydrogens (tertiary/aromatic N) is 3. The number of aromatic nitrogens is 4. The van der Waals surface area contributed by atoms with Crippen LogP contribution in [0.4, 0.5) is 0 Å². The second-order valence-electron chi connectivity index (χ2n) is 5.04. The fraction of sp³-hybridized carbons (Fsp3) is 0.125. The second kappa shape index (κ2) is 6.58. The van der Waals surface area contributed by atoms with Crippen LogP contribution in [0.3, 0.4) is 0 Å². The third-order valence-electron chi connectivity index (χ3n) is 3.47. The summed E-state index contributed by atoms with van der Waals surface area (Å²) in [6.07, 6.45) is 4.49. The molecule has 116 valence electrons. The van der Waals surface area contributed by atoms with Crippen LogP contribution in [0.1, 0.15) is 21.5 Å². The molecular formula is C16H14ClN5O. The number of amides is 1. The van der Waals surface area contributed by atoms with Crippen molar-refractivity contribution in [3.05, 3.63) is 64.8 Å². The highest BCUT2D eigenvalue weighted by atomic mass is 35.5. The summed E-state index contributed by atoms with van der Waals surface area (Å²) in [4.78, 5) is 20.0. The first-order valence-electron chi connectivity index (χ1n) is 6.98. The summed E-state index contributed by atoms with van der Waals surface area (Å²) >= 11 is 5.89. The van der Waals surface area contributed by atoms with Gasteiger partial charge in [-0.15, -0.1) is 0 Å². The number of H-pyrrole nitrogens is 1. The van der Waals surface area contributed by atoms with Crippen LogP contribution in [-0.4, -0.2) is 26.1 Å². The van der Waals surface area contributed by atoms with E-state index in [4.69, 9.17) is 11.6 Å². The predicted molar refractivity (Wildman–Crippen MR) is 87.0 cm³/mol. The van der Waals surface area contributed by atoms with Gasteiger partial charge in [0, 0.05) is 24.4 Å². The van der Waals surface area contributed by atoms with Crippen LogP contribution in [0, 0.1) is 6.92 Å². The highest BCUT2D eigenvalue weighted by Gasteiger charge is 2.08. The average molecular weight is 328 g/mol. The Balaban J connectivity index is 1.73. The van der Waals surface area contributed by atoms with Crippen molar-refractivity contribution < 1.29 is 4.79 Å². The Labute approximate surface area is 137 Å². The summed E-state index contributed by atoms with van der Waals surface area (Å²) < 4.78 is 0. The molecule has 0 radical (unpaired) electrons. The highest BCUT2D eigenvalue weighted by Crippen LogP contribution is 2.22. The quantitative estimate of drug-likeness (QED) is 0.722. The number of hydrogen-bond acceptors (Lipinski definition) is 4. The lowest BCUT2D eigenvalue weighted by atomic mass is 10.0. The number of rotatable bonds is 4. The minimum Gasteiger partial charge on any atom is -0.348 e. The summed E-state index contributed by atoms with van der Waals surface area (Å²) in [5.74, 6) is -0.162. The third kappa shape index (κ3) is 3.54. The number of hydrogen-bond donors (Lipinski definition) is 2. The Bertz CT molecular complexity index is 832. The molecule has 7 heteroatoms. The van der Waals surface area contributed by atoms with Gasteiger partial charge in [0.25, 0.3) is 5.91 Å². The van der Waals surface area contributed by atoms with Crippen molar-refractivity contribution >= 4 is 17.5 Å². The minimum absolute atomic E-state index is 0.162. The Morgan fingerprint density at radius 1 is 1.30 bits per heavy atom. The fourth-order valence-corrected chi connectivity index (χ4v) is 2.34. The number of benzene rings is 1. The smallest absolute Gasteiger partial charge is 0.254 e. The SMILES string of the molecule is Cc1cc(-c2cc(Cl)ncn2)ccc1CNC(=O)c1cn[nH]c1. The number of aromatic amines is 1. The zero-order valence-corrected chi connectivity index (χ0v) is 13.1. The van der Waals surface area contributed by atoms with E-state index >= 15 is 0 Å². The molecule has 0 fully saturated rings. The van der Waals surface area contributed by atoms with Gasteiger partial charge in [-0.2, -0.15) is 5.10 Å². The molecule has 0 saturated carbocycles. The third-order valence-corrected chi connectivity index (χ3v) is 3.68. The van der Waals surface area contributed by atoms with E-state index in [2.05, 4.69) is 25.5 Å². The number of halogens is 1. The maximum absolute atomic E-state index is 11.9. The monoisotopic (exact) mass is 327 g/mol. The van der Waals surface area contributed by atoms with Crippen LogP contribution in [0.2, 0.25) is 5.15 Å². The van der Waals surface area contributed by atoms with E-state index < -0.39 is 0 Å². The number of carbonyl (C=O) groups is 1. The maximum Gasteiger partial charge on any atom is 0.254 e. The van der Waals surface area contributed by atoms with E-state index in [9.17, 15) is 4.79 Å². The molecule has 23 heavy (non-hydrogen) atoms. The molecule has 3 rings (SSSR count). The lowest BCUT2D eigenvalue weighted by Gasteiger charge is -2.09. The lowest BCUT2D eigenvalue weighted by Crippen LogP contribution is -2.22. The molecule has 0 bridgehead atoms. The van der Waals surface area contributed by atoms with Gasteiger partial charge in [0.15, 0.2) is 0 Å².